The second-order valence-electron chi connectivity index (χ2n) is 4.34. The molecule has 0 N–H and O–H groups in total. The zero-order chi connectivity index (χ0) is 12.4. The van der Waals surface area contributed by atoms with Gasteiger partial charge in [-0.3, -0.25) is 0 Å². The summed E-state index contributed by atoms with van der Waals surface area (Å²) in [5.74, 6) is 0.835. The van der Waals surface area contributed by atoms with Gasteiger partial charge < -0.3 is 4.42 Å². The van der Waals surface area contributed by atoms with Gasteiger partial charge in [0, 0.05) is 5.39 Å². The molecule has 18 heavy (non-hydrogen) atoms. The molecule has 0 aliphatic rings. The van der Waals surface area contributed by atoms with Gasteiger partial charge in [-0.1, -0.05) is 48.5 Å². The third-order valence-electron chi connectivity index (χ3n) is 3.01. The third kappa shape index (κ3) is 2.27. The Morgan fingerprint density at radius 2 is 1.67 bits per heavy atom. The van der Waals surface area contributed by atoms with E-state index in [0.717, 1.165) is 23.2 Å². The standard InChI is InChI=1S/C16H13ClO/c17-14(10-12-6-2-1-3-7-12)16-11-13-8-4-5-9-15(13)18-16/h1-9,11,14H,10H2. The molecule has 0 fully saturated rings. The van der Waals surface area contributed by atoms with Gasteiger partial charge in [-0.2, -0.15) is 0 Å². The average Bonchev–Trinajstić information content (AvgIpc) is 2.84. The molecule has 0 spiro atoms. The van der Waals surface area contributed by atoms with Crippen molar-refractivity contribution in [1.82, 2.24) is 0 Å². The minimum Gasteiger partial charge on any atom is -0.459 e. The molecule has 90 valence electrons. The fourth-order valence-electron chi connectivity index (χ4n) is 2.08. The first-order valence-corrected chi connectivity index (χ1v) is 6.43. The van der Waals surface area contributed by atoms with Crippen LogP contribution in [-0.4, -0.2) is 0 Å². The Kier molecular flexibility index (Phi) is 3.07. The summed E-state index contributed by atoms with van der Waals surface area (Å²) in [5.41, 5.74) is 2.11. The highest BCUT2D eigenvalue weighted by Crippen LogP contribution is 2.30. The molecule has 1 unspecified atom stereocenters. The number of rotatable bonds is 3. The first-order valence-electron chi connectivity index (χ1n) is 5.99. The molecule has 0 amide bonds. The lowest BCUT2D eigenvalue weighted by molar-refractivity contribution is 0.540. The summed E-state index contributed by atoms with van der Waals surface area (Å²) in [6.07, 6.45) is 0.780. The lowest BCUT2D eigenvalue weighted by Crippen LogP contribution is -1.93. The number of hydrogen-bond acceptors (Lipinski definition) is 1. The molecule has 0 aliphatic heterocycles. The molecule has 1 heterocycles. The van der Waals surface area contributed by atoms with E-state index in [1.165, 1.54) is 5.56 Å². The topological polar surface area (TPSA) is 13.1 Å². The Labute approximate surface area is 111 Å². The number of hydrogen-bond donors (Lipinski definition) is 0. The average molecular weight is 257 g/mol. The van der Waals surface area contributed by atoms with Crippen LogP contribution in [0.1, 0.15) is 16.7 Å². The van der Waals surface area contributed by atoms with E-state index in [0.29, 0.717) is 0 Å². The second kappa shape index (κ2) is 4.87. The number of benzene rings is 2. The Balaban J connectivity index is 1.86. The van der Waals surface area contributed by atoms with Crippen molar-refractivity contribution in [1.29, 1.82) is 0 Å². The van der Waals surface area contributed by atoms with E-state index < -0.39 is 0 Å². The summed E-state index contributed by atoms with van der Waals surface area (Å²) in [6.45, 7) is 0. The van der Waals surface area contributed by atoms with Gasteiger partial charge in [0.05, 0.1) is 5.38 Å². The fraction of sp³-hybridized carbons (Fsp3) is 0.125. The van der Waals surface area contributed by atoms with Gasteiger partial charge in [-0.15, -0.1) is 11.6 Å². The Hall–Kier alpha value is -1.73. The molecule has 1 aromatic heterocycles. The number of alkyl halides is 1. The van der Waals surface area contributed by atoms with Crippen LogP contribution in [0.2, 0.25) is 0 Å². The van der Waals surface area contributed by atoms with Crippen molar-refractivity contribution in [3.8, 4) is 0 Å². The Morgan fingerprint density at radius 3 is 2.44 bits per heavy atom. The smallest absolute Gasteiger partial charge is 0.134 e. The number of para-hydroxylation sites is 1. The van der Waals surface area contributed by atoms with Crippen molar-refractivity contribution in [2.24, 2.45) is 0 Å². The summed E-state index contributed by atoms with van der Waals surface area (Å²) in [7, 11) is 0. The van der Waals surface area contributed by atoms with E-state index in [9.17, 15) is 0 Å². The number of furan rings is 1. The quantitative estimate of drug-likeness (QED) is 0.604. The molecule has 1 nitrogen and oxygen atoms in total. The lowest BCUT2D eigenvalue weighted by atomic mass is 10.1. The first kappa shape index (κ1) is 11.4. The normalized spacial score (nSPS) is 12.7. The van der Waals surface area contributed by atoms with Gasteiger partial charge in [-0.05, 0) is 24.1 Å². The second-order valence-corrected chi connectivity index (χ2v) is 4.87. The summed E-state index contributed by atoms with van der Waals surface area (Å²) >= 11 is 6.42. The van der Waals surface area contributed by atoms with Gasteiger partial charge in [0.15, 0.2) is 0 Å². The zero-order valence-corrected chi connectivity index (χ0v) is 10.6. The van der Waals surface area contributed by atoms with Crippen LogP contribution in [0.3, 0.4) is 0 Å². The van der Waals surface area contributed by atoms with Crippen LogP contribution in [0.15, 0.2) is 65.1 Å². The first-order chi connectivity index (χ1) is 8.83. The van der Waals surface area contributed by atoms with E-state index in [-0.39, 0.29) is 5.38 Å². The summed E-state index contributed by atoms with van der Waals surface area (Å²) < 4.78 is 5.77. The molecule has 3 aromatic rings. The predicted molar refractivity (Wildman–Crippen MR) is 75.0 cm³/mol. The van der Waals surface area contributed by atoms with Gasteiger partial charge in [0.2, 0.25) is 0 Å². The van der Waals surface area contributed by atoms with Crippen molar-refractivity contribution in [2.75, 3.05) is 0 Å². The van der Waals surface area contributed by atoms with Crippen molar-refractivity contribution in [2.45, 2.75) is 11.8 Å². The van der Waals surface area contributed by atoms with Crippen LogP contribution in [0.25, 0.3) is 11.0 Å². The highest BCUT2D eigenvalue weighted by Gasteiger charge is 2.13. The van der Waals surface area contributed by atoms with Crippen LogP contribution in [-0.2, 0) is 6.42 Å². The van der Waals surface area contributed by atoms with Gasteiger partial charge in [0.25, 0.3) is 0 Å². The molecule has 3 rings (SSSR count). The highest BCUT2D eigenvalue weighted by molar-refractivity contribution is 6.20. The maximum Gasteiger partial charge on any atom is 0.134 e. The maximum atomic E-state index is 6.42. The minimum atomic E-state index is -0.125. The monoisotopic (exact) mass is 256 g/mol. The predicted octanol–water partition coefficient (Wildman–Crippen LogP) is 4.96. The largest absolute Gasteiger partial charge is 0.459 e. The maximum absolute atomic E-state index is 6.42. The van der Waals surface area contributed by atoms with Crippen LogP contribution in [0.4, 0.5) is 0 Å². The van der Waals surface area contributed by atoms with E-state index in [2.05, 4.69) is 12.1 Å². The van der Waals surface area contributed by atoms with Crippen molar-refractivity contribution in [3.05, 3.63) is 72.0 Å². The van der Waals surface area contributed by atoms with E-state index in [1.807, 2.05) is 48.5 Å². The molecular formula is C16H13ClO. The Morgan fingerprint density at radius 1 is 0.944 bits per heavy atom. The van der Waals surface area contributed by atoms with Crippen molar-refractivity contribution >= 4 is 22.6 Å². The molecule has 0 radical (unpaired) electrons. The van der Waals surface area contributed by atoms with Crippen molar-refractivity contribution in [3.63, 3.8) is 0 Å². The Bertz CT molecular complexity index is 609. The fourth-order valence-corrected chi connectivity index (χ4v) is 2.36. The van der Waals surface area contributed by atoms with Crippen LogP contribution < -0.4 is 0 Å². The van der Waals surface area contributed by atoms with Gasteiger partial charge >= 0.3 is 0 Å². The molecule has 0 saturated carbocycles. The molecule has 0 saturated heterocycles. The number of halogens is 1. The van der Waals surface area contributed by atoms with Gasteiger partial charge in [-0.25, -0.2) is 0 Å². The van der Waals surface area contributed by atoms with Crippen LogP contribution in [0, 0.1) is 0 Å². The minimum absolute atomic E-state index is 0.125. The third-order valence-corrected chi connectivity index (χ3v) is 3.38. The SMILES string of the molecule is ClC(Cc1ccccc1)c1cc2ccccc2o1. The van der Waals surface area contributed by atoms with E-state index >= 15 is 0 Å². The summed E-state index contributed by atoms with van der Waals surface area (Å²) in [6, 6.07) is 20.2. The number of fused-ring (bicyclic) bond motifs is 1. The molecule has 0 aliphatic carbocycles. The molecular weight excluding hydrogens is 244 g/mol. The summed E-state index contributed by atoms with van der Waals surface area (Å²) in [5, 5.41) is 0.978. The van der Waals surface area contributed by atoms with E-state index in [1.54, 1.807) is 0 Å². The molecule has 1 atom stereocenters. The van der Waals surface area contributed by atoms with E-state index in [4.69, 9.17) is 16.0 Å². The molecule has 2 heteroatoms. The molecule has 0 bridgehead atoms. The molecule has 2 aromatic carbocycles. The highest BCUT2D eigenvalue weighted by atomic mass is 35.5. The van der Waals surface area contributed by atoms with Crippen LogP contribution >= 0.6 is 11.6 Å². The van der Waals surface area contributed by atoms with Gasteiger partial charge in [0.1, 0.15) is 11.3 Å². The van der Waals surface area contributed by atoms with Crippen LogP contribution in [0.5, 0.6) is 0 Å². The zero-order valence-electron chi connectivity index (χ0n) is 9.84. The van der Waals surface area contributed by atoms with Crippen molar-refractivity contribution < 1.29 is 4.42 Å². The lowest BCUT2D eigenvalue weighted by Gasteiger charge is -2.05. The summed E-state index contributed by atoms with van der Waals surface area (Å²) in [4.78, 5) is 0.